The summed E-state index contributed by atoms with van der Waals surface area (Å²) in [7, 11) is 0. The van der Waals surface area contributed by atoms with Crippen molar-refractivity contribution in [2.45, 2.75) is 82.6 Å². The Hall–Kier alpha value is -3.17. The number of amides is 1. The molecule has 2 saturated heterocycles. The van der Waals surface area contributed by atoms with Crippen LogP contribution in [0.2, 0.25) is 0 Å². The van der Waals surface area contributed by atoms with E-state index in [1.807, 2.05) is 31.2 Å². The first-order valence-electron chi connectivity index (χ1n) is 13.0. The van der Waals surface area contributed by atoms with Crippen LogP contribution in [0, 0.1) is 12.7 Å². The largest absolute Gasteiger partial charge is 0.474 e. The molecule has 1 saturated carbocycles. The summed E-state index contributed by atoms with van der Waals surface area (Å²) in [5.41, 5.74) is 2.46. The van der Waals surface area contributed by atoms with Gasteiger partial charge in [0.05, 0.1) is 35.1 Å². The highest BCUT2D eigenvalue weighted by Gasteiger charge is 2.49. The van der Waals surface area contributed by atoms with Crippen molar-refractivity contribution in [3.05, 3.63) is 53.2 Å². The van der Waals surface area contributed by atoms with Gasteiger partial charge >= 0.3 is 0 Å². The molecule has 8 nitrogen and oxygen atoms in total. The van der Waals surface area contributed by atoms with Crippen LogP contribution in [0.3, 0.4) is 0 Å². The smallest absolute Gasteiger partial charge is 0.269 e. The van der Waals surface area contributed by atoms with Crippen LogP contribution >= 0.6 is 0 Å². The summed E-state index contributed by atoms with van der Waals surface area (Å²) in [6.45, 7) is 6.57. The maximum Gasteiger partial charge on any atom is 0.269 e. The molecule has 0 radical (unpaired) electrons. The van der Waals surface area contributed by atoms with E-state index >= 15 is 0 Å². The van der Waals surface area contributed by atoms with E-state index in [0.29, 0.717) is 42.2 Å². The van der Waals surface area contributed by atoms with Crippen molar-refractivity contribution in [3.8, 4) is 5.75 Å². The van der Waals surface area contributed by atoms with Crippen LogP contribution in [0.1, 0.15) is 62.9 Å². The maximum atomic E-state index is 14.7. The molecule has 6 heterocycles. The van der Waals surface area contributed by atoms with Crippen molar-refractivity contribution in [3.63, 3.8) is 0 Å². The van der Waals surface area contributed by atoms with Gasteiger partial charge in [0, 0.05) is 23.3 Å². The number of nitrogens with zero attached hydrogens (tertiary/aromatic N) is 3. The quantitative estimate of drug-likeness (QED) is 0.513. The van der Waals surface area contributed by atoms with E-state index < -0.39 is 5.60 Å². The Bertz CT molecular complexity index is 1360. The zero-order valence-corrected chi connectivity index (χ0v) is 21.5. The fourth-order valence-electron chi connectivity index (χ4n) is 5.71. The van der Waals surface area contributed by atoms with E-state index in [4.69, 9.17) is 9.47 Å². The highest BCUT2D eigenvalue weighted by atomic mass is 19.1. The second-order valence-electron chi connectivity index (χ2n) is 11.2. The molecule has 0 atom stereocenters. The lowest BCUT2D eigenvalue weighted by atomic mass is 9.69. The van der Waals surface area contributed by atoms with Crippen molar-refractivity contribution in [2.24, 2.45) is 0 Å². The average molecular weight is 506 g/mol. The number of halogens is 1. The summed E-state index contributed by atoms with van der Waals surface area (Å²) < 4.78 is 27.0. The number of rotatable bonds is 6. The van der Waals surface area contributed by atoms with Gasteiger partial charge in [-0.3, -0.25) is 14.8 Å². The molecule has 2 N–H and O–H groups in total. The van der Waals surface area contributed by atoms with Crippen LogP contribution in [0.4, 0.5) is 10.2 Å². The number of anilines is 1. The van der Waals surface area contributed by atoms with Gasteiger partial charge in [-0.05, 0) is 83.6 Å². The van der Waals surface area contributed by atoms with E-state index in [9.17, 15) is 9.18 Å². The topological polar surface area (TPSA) is 98.3 Å². The number of carbonyl (C=O) groups excluding carboxylic acids is 1. The van der Waals surface area contributed by atoms with Gasteiger partial charge in [-0.15, -0.1) is 0 Å². The van der Waals surface area contributed by atoms with Crippen LogP contribution in [0.5, 0.6) is 5.75 Å². The summed E-state index contributed by atoms with van der Waals surface area (Å²) >= 11 is 0. The van der Waals surface area contributed by atoms with Gasteiger partial charge in [-0.1, -0.05) is 0 Å². The fourth-order valence-corrected chi connectivity index (χ4v) is 5.71. The van der Waals surface area contributed by atoms with E-state index in [-0.39, 0.29) is 22.9 Å². The molecule has 1 amide bonds. The molecule has 0 unspecified atom stereocenters. The third-order valence-corrected chi connectivity index (χ3v) is 8.21. The molecule has 4 aliphatic rings. The Morgan fingerprint density at radius 2 is 1.92 bits per heavy atom. The number of ether oxygens (including phenoxy) is 2. The Morgan fingerprint density at radius 1 is 1.11 bits per heavy atom. The van der Waals surface area contributed by atoms with Crippen molar-refractivity contribution in [1.82, 2.24) is 20.3 Å². The minimum Gasteiger partial charge on any atom is -0.474 e. The van der Waals surface area contributed by atoms with Crippen LogP contribution < -0.4 is 15.4 Å². The van der Waals surface area contributed by atoms with Gasteiger partial charge in [0.1, 0.15) is 5.82 Å². The SMILES string of the molecule is Cc1ccc2ncc(F)c(CCC34CCC(NCc5ccc6c(n5)NC(=O)C(C)(C)O6)(CC3)CO4)c2n1. The van der Waals surface area contributed by atoms with E-state index in [1.165, 1.54) is 6.20 Å². The zero-order valence-electron chi connectivity index (χ0n) is 21.5. The molecular formula is C28H32FN5O3. The molecule has 0 spiro atoms. The number of nitrogens with one attached hydrogen (secondary N) is 2. The van der Waals surface area contributed by atoms with E-state index in [0.717, 1.165) is 49.0 Å². The zero-order chi connectivity index (χ0) is 25.8. The Balaban J connectivity index is 1.09. The number of hydrogen-bond acceptors (Lipinski definition) is 7. The summed E-state index contributed by atoms with van der Waals surface area (Å²) in [4.78, 5) is 25.6. The second kappa shape index (κ2) is 8.70. The molecule has 1 aliphatic carbocycles. The molecule has 0 aromatic carbocycles. The number of fused-ring (bicyclic) bond motifs is 5. The molecule has 3 aromatic heterocycles. The average Bonchev–Trinajstić information content (AvgIpc) is 2.89. The highest BCUT2D eigenvalue weighted by Crippen LogP contribution is 2.46. The van der Waals surface area contributed by atoms with Crippen molar-refractivity contribution in [1.29, 1.82) is 0 Å². The number of pyridine rings is 3. The van der Waals surface area contributed by atoms with Gasteiger partial charge in [-0.2, -0.15) is 0 Å². The lowest BCUT2D eigenvalue weighted by molar-refractivity contribution is -0.165. The van der Waals surface area contributed by atoms with Crippen LogP contribution in [-0.4, -0.2) is 44.2 Å². The van der Waals surface area contributed by atoms with E-state index in [2.05, 4.69) is 25.6 Å². The van der Waals surface area contributed by atoms with Gasteiger partial charge in [0.2, 0.25) is 0 Å². The van der Waals surface area contributed by atoms with Crippen molar-refractivity contribution < 1.29 is 18.7 Å². The molecule has 3 aromatic rings. The molecule has 7 rings (SSSR count). The van der Waals surface area contributed by atoms with Crippen LogP contribution in [0.15, 0.2) is 30.5 Å². The highest BCUT2D eigenvalue weighted by molar-refractivity contribution is 5.99. The number of hydrogen-bond donors (Lipinski definition) is 2. The molecular weight excluding hydrogens is 473 g/mol. The van der Waals surface area contributed by atoms with Crippen molar-refractivity contribution in [2.75, 3.05) is 11.9 Å². The van der Waals surface area contributed by atoms with Gasteiger partial charge < -0.3 is 20.1 Å². The monoisotopic (exact) mass is 505 g/mol. The molecule has 2 bridgehead atoms. The van der Waals surface area contributed by atoms with Crippen LogP contribution in [0.25, 0.3) is 11.0 Å². The summed E-state index contributed by atoms with van der Waals surface area (Å²) in [6, 6.07) is 7.59. The predicted molar refractivity (Wildman–Crippen MR) is 137 cm³/mol. The summed E-state index contributed by atoms with van der Waals surface area (Å²) in [5.74, 6) is 0.543. The first-order valence-corrected chi connectivity index (χ1v) is 13.0. The fraction of sp³-hybridized carbons (Fsp3) is 0.500. The number of aryl methyl sites for hydroxylation is 2. The second-order valence-corrected chi connectivity index (χ2v) is 11.2. The summed E-state index contributed by atoms with van der Waals surface area (Å²) in [6.07, 6.45) is 6.47. The maximum absolute atomic E-state index is 14.7. The van der Waals surface area contributed by atoms with Gasteiger partial charge in [-0.25, -0.2) is 9.37 Å². The Kier molecular flexibility index (Phi) is 5.69. The predicted octanol–water partition coefficient (Wildman–Crippen LogP) is 4.39. The van der Waals surface area contributed by atoms with E-state index in [1.54, 1.807) is 13.8 Å². The van der Waals surface area contributed by atoms with Gasteiger partial charge in [0.25, 0.3) is 5.91 Å². The minimum absolute atomic E-state index is 0.103. The normalized spacial score (nSPS) is 26.0. The summed E-state index contributed by atoms with van der Waals surface area (Å²) in [5, 5.41) is 6.53. The Morgan fingerprint density at radius 3 is 2.68 bits per heavy atom. The first kappa shape index (κ1) is 24.2. The minimum atomic E-state index is -0.910. The molecule has 3 aliphatic heterocycles. The lowest BCUT2D eigenvalue weighted by Gasteiger charge is -2.53. The molecule has 3 fully saturated rings. The lowest BCUT2D eigenvalue weighted by Crippen LogP contribution is -2.61. The van der Waals surface area contributed by atoms with Crippen LogP contribution in [-0.2, 0) is 22.5 Å². The standard InChI is InChI=1S/C28H32FN5O3/c1-17-4-6-21-23(32-17)19(20(29)15-30-21)8-9-28-12-10-27(11-13-28,16-36-28)31-14-18-5-7-22-24(33-18)34-25(35)26(2,3)37-22/h4-7,15,31H,8-14,16H2,1-3H3,(H,33,34,35). The van der Waals surface area contributed by atoms with Gasteiger partial charge in [0.15, 0.2) is 17.2 Å². The third kappa shape index (κ3) is 4.44. The molecule has 194 valence electrons. The first-order chi connectivity index (χ1) is 17.7. The molecule has 9 heteroatoms. The van der Waals surface area contributed by atoms with Crippen molar-refractivity contribution >= 4 is 22.8 Å². The Labute approximate surface area is 215 Å². The third-order valence-electron chi connectivity index (χ3n) is 8.21. The number of carbonyl (C=O) groups is 1. The number of aromatic nitrogens is 3. The molecule has 37 heavy (non-hydrogen) atoms.